The molecule has 0 spiro atoms. The average molecular weight is 337 g/mol. The van der Waals surface area contributed by atoms with Gasteiger partial charge in [0.25, 0.3) is 0 Å². The summed E-state index contributed by atoms with van der Waals surface area (Å²) < 4.78 is 41.3. The molecule has 0 saturated heterocycles. The largest absolute Gasteiger partial charge is 0.396 e. The minimum atomic E-state index is -3.86. The number of aliphatic hydroxyl groups is 1. The van der Waals surface area contributed by atoms with Gasteiger partial charge in [0.15, 0.2) is 0 Å². The van der Waals surface area contributed by atoms with Gasteiger partial charge in [0.1, 0.15) is 5.82 Å². The molecule has 0 aliphatic rings. The van der Waals surface area contributed by atoms with Gasteiger partial charge in [-0.2, -0.15) is 0 Å². The molecule has 0 bridgehead atoms. The zero-order chi connectivity index (χ0) is 16.9. The second-order valence-electron chi connectivity index (χ2n) is 5.36. The molecule has 1 unspecified atom stereocenters. The van der Waals surface area contributed by atoms with Gasteiger partial charge >= 0.3 is 0 Å². The van der Waals surface area contributed by atoms with Crippen LogP contribution >= 0.6 is 0 Å². The number of rotatable bonds is 7. The van der Waals surface area contributed by atoms with Crippen LogP contribution in [0.2, 0.25) is 0 Å². The maximum Gasteiger partial charge on any atom is 0.241 e. The van der Waals surface area contributed by atoms with E-state index in [0.29, 0.717) is 18.4 Å². The standard InChI is InChI=1S/C17H20FNO3S/c1-13-9-10-15(18)12-17(13)23(21,22)19-16(8-5-11-20)14-6-3-2-4-7-14/h2-4,6-7,9-10,12,16,19-20H,5,8,11H2,1H3. The Hall–Kier alpha value is -1.76. The molecule has 2 N–H and O–H groups in total. The third kappa shape index (κ3) is 4.60. The Balaban J connectivity index is 2.32. The lowest BCUT2D eigenvalue weighted by molar-refractivity contribution is 0.278. The van der Waals surface area contributed by atoms with Gasteiger partial charge in [-0.05, 0) is 43.0 Å². The summed E-state index contributed by atoms with van der Waals surface area (Å²) in [6.45, 7) is 1.60. The molecule has 0 aliphatic carbocycles. The third-order valence-corrected chi connectivity index (χ3v) is 5.20. The van der Waals surface area contributed by atoms with Crippen molar-refractivity contribution >= 4 is 10.0 Å². The molecular weight excluding hydrogens is 317 g/mol. The lowest BCUT2D eigenvalue weighted by Crippen LogP contribution is -2.29. The van der Waals surface area contributed by atoms with Crippen molar-refractivity contribution < 1.29 is 17.9 Å². The molecule has 0 saturated carbocycles. The molecule has 6 heteroatoms. The number of aryl methyl sites for hydroxylation is 1. The fourth-order valence-corrected chi connectivity index (χ4v) is 3.90. The molecule has 0 aliphatic heterocycles. The first kappa shape index (κ1) is 17.6. The van der Waals surface area contributed by atoms with Crippen LogP contribution in [0.25, 0.3) is 0 Å². The van der Waals surface area contributed by atoms with E-state index in [-0.39, 0.29) is 11.5 Å². The van der Waals surface area contributed by atoms with Crippen LogP contribution in [-0.2, 0) is 10.0 Å². The zero-order valence-corrected chi connectivity index (χ0v) is 13.7. The Labute approximate surface area is 136 Å². The number of benzene rings is 2. The van der Waals surface area contributed by atoms with Crippen LogP contribution in [0.15, 0.2) is 53.4 Å². The molecule has 2 rings (SSSR count). The van der Waals surface area contributed by atoms with Crippen molar-refractivity contribution in [3.05, 3.63) is 65.5 Å². The summed E-state index contributed by atoms with van der Waals surface area (Å²) in [6, 6.07) is 12.3. The highest BCUT2D eigenvalue weighted by molar-refractivity contribution is 7.89. The highest BCUT2D eigenvalue weighted by atomic mass is 32.2. The summed E-state index contributed by atoms with van der Waals surface area (Å²) >= 11 is 0. The maximum atomic E-state index is 13.4. The second-order valence-corrected chi connectivity index (χ2v) is 7.04. The number of hydrogen-bond acceptors (Lipinski definition) is 3. The van der Waals surface area contributed by atoms with E-state index in [1.807, 2.05) is 30.3 Å². The van der Waals surface area contributed by atoms with Crippen LogP contribution in [0, 0.1) is 12.7 Å². The van der Waals surface area contributed by atoms with Crippen LogP contribution in [0.5, 0.6) is 0 Å². The quantitative estimate of drug-likeness (QED) is 0.816. The summed E-state index contributed by atoms with van der Waals surface area (Å²) in [7, 11) is -3.86. The molecule has 0 fully saturated rings. The minimum Gasteiger partial charge on any atom is -0.396 e. The maximum absolute atomic E-state index is 13.4. The molecule has 0 aromatic heterocycles. The van der Waals surface area contributed by atoms with Gasteiger partial charge in [0.2, 0.25) is 10.0 Å². The molecule has 2 aromatic rings. The highest BCUT2D eigenvalue weighted by Crippen LogP contribution is 2.23. The molecular formula is C17H20FNO3S. The lowest BCUT2D eigenvalue weighted by Gasteiger charge is -2.19. The monoisotopic (exact) mass is 337 g/mol. The van der Waals surface area contributed by atoms with Gasteiger partial charge in [0.05, 0.1) is 4.90 Å². The highest BCUT2D eigenvalue weighted by Gasteiger charge is 2.23. The Morgan fingerprint density at radius 2 is 1.87 bits per heavy atom. The molecule has 23 heavy (non-hydrogen) atoms. The van der Waals surface area contributed by atoms with Gasteiger partial charge in [-0.3, -0.25) is 0 Å². The van der Waals surface area contributed by atoms with Crippen LogP contribution < -0.4 is 4.72 Å². The summed E-state index contributed by atoms with van der Waals surface area (Å²) in [4.78, 5) is -0.0672. The van der Waals surface area contributed by atoms with E-state index in [1.165, 1.54) is 12.1 Å². The topological polar surface area (TPSA) is 66.4 Å². The first-order chi connectivity index (χ1) is 10.9. The van der Waals surface area contributed by atoms with Gasteiger partial charge in [-0.15, -0.1) is 0 Å². The molecule has 0 radical (unpaired) electrons. The van der Waals surface area contributed by atoms with Crippen LogP contribution in [-0.4, -0.2) is 20.1 Å². The Morgan fingerprint density at radius 3 is 2.52 bits per heavy atom. The molecule has 1 atom stereocenters. The third-order valence-electron chi connectivity index (χ3n) is 3.59. The van der Waals surface area contributed by atoms with Gasteiger partial charge in [0, 0.05) is 12.6 Å². The van der Waals surface area contributed by atoms with Crippen LogP contribution in [0.3, 0.4) is 0 Å². The van der Waals surface area contributed by atoms with E-state index in [0.717, 1.165) is 11.6 Å². The van der Waals surface area contributed by atoms with Crippen LogP contribution in [0.1, 0.15) is 30.0 Å². The lowest BCUT2D eigenvalue weighted by atomic mass is 10.0. The van der Waals surface area contributed by atoms with E-state index < -0.39 is 21.9 Å². The van der Waals surface area contributed by atoms with E-state index >= 15 is 0 Å². The molecule has 124 valence electrons. The fourth-order valence-electron chi connectivity index (χ4n) is 2.39. The Morgan fingerprint density at radius 1 is 1.17 bits per heavy atom. The van der Waals surface area contributed by atoms with Crippen molar-refractivity contribution in [3.63, 3.8) is 0 Å². The molecule has 2 aromatic carbocycles. The molecule has 0 amide bonds. The van der Waals surface area contributed by atoms with Crippen molar-refractivity contribution in [2.45, 2.75) is 30.7 Å². The molecule has 4 nitrogen and oxygen atoms in total. The number of nitrogens with one attached hydrogen (secondary N) is 1. The summed E-state index contributed by atoms with van der Waals surface area (Å²) in [5.74, 6) is -0.595. The van der Waals surface area contributed by atoms with Crippen molar-refractivity contribution in [1.29, 1.82) is 0 Å². The van der Waals surface area contributed by atoms with Crippen molar-refractivity contribution in [3.8, 4) is 0 Å². The smallest absolute Gasteiger partial charge is 0.241 e. The van der Waals surface area contributed by atoms with E-state index in [2.05, 4.69) is 4.72 Å². The predicted molar refractivity (Wildman–Crippen MR) is 87.0 cm³/mol. The van der Waals surface area contributed by atoms with Gasteiger partial charge < -0.3 is 5.11 Å². The Kier molecular flexibility index (Phi) is 5.87. The number of aliphatic hydroxyl groups excluding tert-OH is 1. The fraction of sp³-hybridized carbons (Fsp3) is 0.294. The first-order valence-corrected chi connectivity index (χ1v) is 8.86. The van der Waals surface area contributed by atoms with E-state index in [4.69, 9.17) is 5.11 Å². The Bertz CT molecular complexity index is 748. The minimum absolute atomic E-state index is 0.0238. The number of hydrogen-bond donors (Lipinski definition) is 2. The predicted octanol–water partition coefficient (Wildman–Crippen LogP) is 2.93. The second kappa shape index (κ2) is 7.68. The van der Waals surface area contributed by atoms with Crippen molar-refractivity contribution in [1.82, 2.24) is 4.72 Å². The van der Waals surface area contributed by atoms with Crippen molar-refractivity contribution in [2.24, 2.45) is 0 Å². The average Bonchev–Trinajstić information content (AvgIpc) is 2.54. The first-order valence-electron chi connectivity index (χ1n) is 7.38. The van der Waals surface area contributed by atoms with E-state index in [9.17, 15) is 12.8 Å². The SMILES string of the molecule is Cc1ccc(F)cc1S(=O)(=O)NC(CCCO)c1ccccc1. The number of halogens is 1. The van der Waals surface area contributed by atoms with E-state index in [1.54, 1.807) is 6.92 Å². The van der Waals surface area contributed by atoms with Crippen molar-refractivity contribution in [2.75, 3.05) is 6.61 Å². The van der Waals surface area contributed by atoms with Crippen LogP contribution in [0.4, 0.5) is 4.39 Å². The summed E-state index contributed by atoms with van der Waals surface area (Å²) in [6.07, 6.45) is 0.915. The zero-order valence-electron chi connectivity index (χ0n) is 12.9. The number of sulfonamides is 1. The van der Waals surface area contributed by atoms with Gasteiger partial charge in [-0.25, -0.2) is 17.5 Å². The molecule has 0 heterocycles. The normalized spacial score (nSPS) is 13.0. The summed E-state index contributed by atoms with van der Waals surface area (Å²) in [5.41, 5.74) is 1.28. The summed E-state index contributed by atoms with van der Waals surface area (Å²) in [5, 5.41) is 9.03. The van der Waals surface area contributed by atoms with Gasteiger partial charge in [-0.1, -0.05) is 36.4 Å².